The average Bonchev–Trinajstić information content (AvgIpc) is 2.81. The summed E-state index contributed by atoms with van der Waals surface area (Å²) >= 11 is 0. The zero-order valence-electron chi connectivity index (χ0n) is 18.1. The number of esters is 1. The number of fused-ring (bicyclic) bond motifs is 1. The largest absolute Gasteiger partial charge is 0.504 e. The summed E-state index contributed by atoms with van der Waals surface area (Å²) in [6.07, 6.45) is 0.00606. The number of amides is 1. The number of benzene rings is 3. The Morgan fingerprint density at radius 3 is 2.32 bits per heavy atom. The lowest BCUT2D eigenvalue weighted by Crippen LogP contribution is -2.52. The van der Waals surface area contributed by atoms with Gasteiger partial charge in [0, 0.05) is 6.42 Å². The lowest BCUT2D eigenvalue weighted by atomic mass is 9.84. The smallest absolute Gasteiger partial charge is 0.328 e. The maximum atomic E-state index is 14.6. The molecule has 1 aliphatic rings. The number of carbonyl (C=O) groups excluding carboxylic acids is 2. The monoisotopic (exact) mass is 467 g/mol. The summed E-state index contributed by atoms with van der Waals surface area (Å²) in [6, 6.07) is 10.0. The van der Waals surface area contributed by atoms with E-state index in [-0.39, 0.29) is 29.9 Å². The number of hydrogen-bond acceptors (Lipinski definition) is 7. The van der Waals surface area contributed by atoms with Crippen LogP contribution in [-0.2, 0) is 22.4 Å². The lowest BCUT2D eigenvalue weighted by Gasteiger charge is -2.42. The Kier molecular flexibility index (Phi) is 6.02. The Hall–Kier alpha value is -4.27. The summed E-state index contributed by atoms with van der Waals surface area (Å²) in [7, 11) is 1.17. The summed E-state index contributed by atoms with van der Waals surface area (Å²) in [5.41, 5.74) is 1.18. The quantitative estimate of drug-likeness (QED) is 0.343. The van der Waals surface area contributed by atoms with Crippen LogP contribution in [0.5, 0.6) is 23.0 Å². The van der Waals surface area contributed by atoms with Crippen molar-refractivity contribution in [3.63, 3.8) is 0 Å². The fraction of sp³-hybridized carbons (Fsp3) is 0.200. The second kappa shape index (κ2) is 8.93. The van der Waals surface area contributed by atoms with E-state index in [1.807, 2.05) is 0 Å². The van der Waals surface area contributed by atoms with Gasteiger partial charge in [0.1, 0.15) is 11.9 Å². The van der Waals surface area contributed by atoms with Gasteiger partial charge in [0.05, 0.1) is 18.7 Å². The molecule has 0 aliphatic carbocycles. The van der Waals surface area contributed by atoms with E-state index in [1.54, 1.807) is 0 Å². The van der Waals surface area contributed by atoms with Crippen LogP contribution in [-0.4, -0.2) is 50.4 Å². The molecule has 0 saturated heterocycles. The molecular formula is C25H22FNO7. The minimum absolute atomic E-state index is 0.0344. The number of ether oxygens (including phenoxy) is 1. The topological polar surface area (TPSA) is 128 Å². The number of nitrogens with zero attached hydrogens (tertiary/aromatic N) is 1. The van der Waals surface area contributed by atoms with Gasteiger partial charge < -0.3 is 30.1 Å². The number of halogens is 1. The molecule has 0 unspecified atom stereocenters. The molecular weight excluding hydrogens is 445 g/mol. The molecule has 0 bridgehead atoms. The first kappa shape index (κ1) is 22.9. The molecule has 1 heterocycles. The third kappa shape index (κ3) is 4.07. The number of methoxy groups -OCH3 is 1. The highest BCUT2D eigenvalue weighted by atomic mass is 19.1. The van der Waals surface area contributed by atoms with Gasteiger partial charge in [-0.1, -0.05) is 18.2 Å². The molecule has 176 valence electrons. The van der Waals surface area contributed by atoms with E-state index >= 15 is 0 Å². The molecule has 3 aromatic rings. The average molecular weight is 467 g/mol. The van der Waals surface area contributed by atoms with Gasteiger partial charge in [-0.2, -0.15) is 0 Å². The van der Waals surface area contributed by atoms with Gasteiger partial charge in [-0.15, -0.1) is 0 Å². The van der Waals surface area contributed by atoms with Crippen LogP contribution in [0.25, 0.3) is 0 Å². The summed E-state index contributed by atoms with van der Waals surface area (Å²) in [5.74, 6) is -3.79. The molecule has 2 atom stereocenters. The maximum absolute atomic E-state index is 14.6. The van der Waals surface area contributed by atoms with E-state index in [0.717, 1.165) is 6.07 Å². The van der Waals surface area contributed by atoms with Crippen LogP contribution < -0.4 is 0 Å². The van der Waals surface area contributed by atoms with Crippen molar-refractivity contribution in [1.82, 2.24) is 4.90 Å². The highest BCUT2D eigenvalue weighted by Gasteiger charge is 2.43. The summed E-state index contributed by atoms with van der Waals surface area (Å²) in [5, 5.41) is 39.8. The van der Waals surface area contributed by atoms with Gasteiger partial charge in [-0.3, -0.25) is 4.79 Å². The summed E-state index contributed by atoms with van der Waals surface area (Å²) in [4.78, 5) is 27.6. The second-order valence-corrected chi connectivity index (χ2v) is 8.02. The molecule has 1 amide bonds. The molecule has 34 heavy (non-hydrogen) atoms. The van der Waals surface area contributed by atoms with E-state index in [4.69, 9.17) is 4.74 Å². The molecule has 0 aromatic heterocycles. The Labute approximate surface area is 194 Å². The molecule has 0 radical (unpaired) electrons. The molecule has 3 aromatic carbocycles. The highest BCUT2D eigenvalue weighted by Crippen LogP contribution is 2.42. The normalized spacial score (nSPS) is 17.2. The van der Waals surface area contributed by atoms with Crippen LogP contribution in [0.4, 0.5) is 4.39 Å². The Balaban J connectivity index is 1.90. The third-order valence-corrected chi connectivity index (χ3v) is 5.96. The van der Waals surface area contributed by atoms with E-state index in [9.17, 15) is 34.4 Å². The second-order valence-electron chi connectivity index (χ2n) is 8.02. The van der Waals surface area contributed by atoms with Crippen LogP contribution in [0.1, 0.15) is 33.1 Å². The Morgan fingerprint density at radius 1 is 0.971 bits per heavy atom. The van der Waals surface area contributed by atoms with Gasteiger partial charge in [0.15, 0.2) is 23.0 Å². The highest BCUT2D eigenvalue weighted by molar-refractivity contribution is 5.98. The standard InChI is InChI=1S/C25H22FNO7/c1-34-25(33)19-10-14-11-22(30)23(31)12-16(14)18(8-13-6-7-20(28)21(29)9-13)27(19)24(32)15-4-2-3-5-17(15)26/h2-7,9,11-12,18-19,28-31H,8,10H2,1H3/t18-,19-/m0/s1. The zero-order valence-corrected chi connectivity index (χ0v) is 18.1. The number of rotatable bonds is 4. The predicted octanol–water partition coefficient (Wildman–Crippen LogP) is 3.17. The van der Waals surface area contributed by atoms with Crippen LogP contribution in [0.2, 0.25) is 0 Å². The van der Waals surface area contributed by atoms with Crippen molar-refractivity contribution >= 4 is 11.9 Å². The number of phenols is 4. The van der Waals surface area contributed by atoms with Gasteiger partial charge in [0.25, 0.3) is 5.91 Å². The van der Waals surface area contributed by atoms with Crippen molar-refractivity contribution in [2.75, 3.05) is 7.11 Å². The van der Waals surface area contributed by atoms with Crippen molar-refractivity contribution in [3.05, 3.63) is 82.7 Å². The SMILES string of the molecule is COC(=O)[C@@H]1Cc2cc(O)c(O)cc2[C@H](Cc2ccc(O)c(O)c2)N1C(=O)c1ccccc1F. The van der Waals surface area contributed by atoms with Crippen molar-refractivity contribution in [1.29, 1.82) is 0 Å². The van der Waals surface area contributed by atoms with Gasteiger partial charge in [-0.05, 0) is 59.5 Å². The van der Waals surface area contributed by atoms with Crippen molar-refractivity contribution in [3.8, 4) is 23.0 Å². The van der Waals surface area contributed by atoms with Crippen molar-refractivity contribution in [2.24, 2.45) is 0 Å². The first-order chi connectivity index (χ1) is 16.2. The number of hydrogen-bond donors (Lipinski definition) is 4. The molecule has 4 N–H and O–H groups in total. The van der Waals surface area contributed by atoms with Crippen molar-refractivity contribution < 1.29 is 39.1 Å². The van der Waals surface area contributed by atoms with Crippen molar-refractivity contribution in [2.45, 2.75) is 24.9 Å². The minimum Gasteiger partial charge on any atom is -0.504 e. The molecule has 1 aliphatic heterocycles. The number of carbonyl (C=O) groups is 2. The van der Waals surface area contributed by atoms with E-state index in [0.29, 0.717) is 16.7 Å². The first-order valence-electron chi connectivity index (χ1n) is 10.4. The molecule has 0 spiro atoms. The van der Waals surface area contributed by atoms with E-state index in [2.05, 4.69) is 0 Å². The Morgan fingerprint density at radius 2 is 1.65 bits per heavy atom. The molecule has 0 fully saturated rings. The van der Waals surface area contributed by atoms with Crippen LogP contribution >= 0.6 is 0 Å². The molecule has 9 heteroatoms. The fourth-order valence-corrected chi connectivity index (χ4v) is 4.31. The number of aromatic hydroxyl groups is 4. The zero-order chi connectivity index (χ0) is 24.6. The summed E-state index contributed by atoms with van der Waals surface area (Å²) in [6.45, 7) is 0. The van der Waals surface area contributed by atoms with Crippen LogP contribution in [0.3, 0.4) is 0 Å². The number of phenolic OH excluding ortho intramolecular Hbond substituents is 4. The first-order valence-corrected chi connectivity index (χ1v) is 10.4. The molecule has 0 saturated carbocycles. The Bertz CT molecular complexity index is 1280. The van der Waals surface area contributed by atoms with Gasteiger partial charge in [0.2, 0.25) is 0 Å². The van der Waals surface area contributed by atoms with E-state index in [1.165, 1.54) is 60.5 Å². The maximum Gasteiger partial charge on any atom is 0.328 e. The fourth-order valence-electron chi connectivity index (χ4n) is 4.31. The van der Waals surface area contributed by atoms with E-state index < -0.39 is 41.3 Å². The van der Waals surface area contributed by atoms with Crippen LogP contribution in [0.15, 0.2) is 54.6 Å². The predicted molar refractivity (Wildman–Crippen MR) is 118 cm³/mol. The lowest BCUT2D eigenvalue weighted by molar-refractivity contribution is -0.147. The van der Waals surface area contributed by atoms with Gasteiger partial charge >= 0.3 is 5.97 Å². The molecule has 4 rings (SSSR count). The summed E-state index contributed by atoms with van der Waals surface area (Å²) < 4.78 is 19.5. The van der Waals surface area contributed by atoms with Gasteiger partial charge in [-0.25, -0.2) is 9.18 Å². The minimum atomic E-state index is -1.15. The van der Waals surface area contributed by atoms with Crippen LogP contribution in [0, 0.1) is 5.82 Å². The third-order valence-electron chi connectivity index (χ3n) is 5.96. The molecule has 8 nitrogen and oxygen atoms in total.